The maximum Gasteiger partial charge on any atom is 0.328 e. The van der Waals surface area contributed by atoms with Gasteiger partial charge < -0.3 is 9.09 Å². The summed E-state index contributed by atoms with van der Waals surface area (Å²) in [7, 11) is 1.48. The lowest BCUT2D eigenvalue weighted by molar-refractivity contribution is 0.432. The summed E-state index contributed by atoms with van der Waals surface area (Å²) in [5.41, 5.74) is 1.10. The number of aryl methyl sites for hydroxylation is 3. The number of rotatable bonds is 3. The van der Waals surface area contributed by atoms with Crippen LogP contribution in [0.25, 0.3) is 28.5 Å². The summed E-state index contributed by atoms with van der Waals surface area (Å²) in [6.45, 7) is 3.67. The van der Waals surface area contributed by atoms with E-state index in [-0.39, 0.29) is 17.3 Å². The van der Waals surface area contributed by atoms with Gasteiger partial charge in [0.15, 0.2) is 0 Å². The minimum Gasteiger partial charge on any atom is -0.334 e. The summed E-state index contributed by atoms with van der Waals surface area (Å²) >= 11 is 0. The molecule has 9 nitrogen and oxygen atoms in total. The van der Waals surface area contributed by atoms with Gasteiger partial charge in [0.25, 0.3) is 11.4 Å². The molecule has 0 fully saturated rings. The highest BCUT2D eigenvalue weighted by Crippen LogP contribution is 2.24. The number of aromatic nitrogens is 6. The zero-order valence-electron chi connectivity index (χ0n) is 15.2. The fraction of sp³-hybridized carbons (Fsp3) is 0.167. The van der Waals surface area contributed by atoms with Gasteiger partial charge in [0.1, 0.15) is 17.1 Å². The molecule has 0 aliphatic carbocycles. The fourth-order valence-electron chi connectivity index (χ4n) is 2.86. The molecule has 10 heteroatoms. The van der Waals surface area contributed by atoms with Crippen molar-refractivity contribution in [2.24, 2.45) is 7.05 Å². The number of hydrogen-bond acceptors (Lipinski definition) is 6. The average Bonchev–Trinajstić information content (AvgIpc) is 3.24. The quantitative estimate of drug-likeness (QED) is 0.578. The van der Waals surface area contributed by atoms with Crippen molar-refractivity contribution < 1.29 is 8.91 Å². The second-order valence-electron chi connectivity index (χ2n) is 6.34. The summed E-state index contributed by atoms with van der Waals surface area (Å²) in [4.78, 5) is 29.7. The number of halogens is 1. The maximum absolute atomic E-state index is 14.7. The predicted octanol–water partition coefficient (Wildman–Crippen LogP) is 1.73. The van der Waals surface area contributed by atoms with Crippen LogP contribution in [0.2, 0.25) is 0 Å². The number of nitrogens with zero attached hydrogens (tertiary/aromatic N) is 5. The Hall–Kier alpha value is -3.82. The highest BCUT2D eigenvalue weighted by Gasteiger charge is 2.17. The normalized spacial score (nSPS) is 11.1. The van der Waals surface area contributed by atoms with Crippen LogP contribution in [0.15, 0.2) is 44.6 Å². The van der Waals surface area contributed by atoms with E-state index < -0.39 is 17.1 Å². The Balaban J connectivity index is 1.73. The van der Waals surface area contributed by atoms with Crippen molar-refractivity contribution in [3.05, 3.63) is 68.5 Å². The SMILES string of the molecule is Cc1cc(C)n(-c2ccc(-c3nc(-c4cn(C)c(=O)[nH]c4=O)no3)cc2F)n1. The number of benzene rings is 1. The van der Waals surface area contributed by atoms with Gasteiger partial charge in [-0.1, -0.05) is 5.16 Å². The van der Waals surface area contributed by atoms with Crippen molar-refractivity contribution in [3.63, 3.8) is 0 Å². The molecular weight excluding hydrogens is 367 g/mol. The Morgan fingerprint density at radius 1 is 1.18 bits per heavy atom. The summed E-state index contributed by atoms with van der Waals surface area (Å²) in [5.74, 6) is -0.472. The van der Waals surface area contributed by atoms with Gasteiger partial charge in [-0.25, -0.2) is 13.9 Å². The summed E-state index contributed by atoms with van der Waals surface area (Å²) in [6, 6.07) is 6.29. The molecule has 0 aliphatic heterocycles. The molecule has 4 rings (SSSR count). The first-order valence-corrected chi connectivity index (χ1v) is 8.31. The smallest absolute Gasteiger partial charge is 0.328 e. The van der Waals surface area contributed by atoms with Crippen LogP contribution in [0.4, 0.5) is 4.39 Å². The molecule has 0 unspecified atom stereocenters. The summed E-state index contributed by atoms with van der Waals surface area (Å²) in [6.07, 6.45) is 1.31. The molecule has 0 saturated carbocycles. The Morgan fingerprint density at radius 3 is 2.64 bits per heavy atom. The number of aromatic amines is 1. The molecular formula is C18H15FN6O3. The van der Waals surface area contributed by atoms with Gasteiger partial charge >= 0.3 is 5.69 Å². The van der Waals surface area contributed by atoms with Crippen molar-refractivity contribution in [2.75, 3.05) is 0 Å². The first kappa shape index (κ1) is 17.6. The lowest BCUT2D eigenvalue weighted by atomic mass is 10.2. The van der Waals surface area contributed by atoms with Crippen LogP contribution in [0.3, 0.4) is 0 Å². The molecule has 3 heterocycles. The van der Waals surface area contributed by atoms with E-state index in [2.05, 4.69) is 20.2 Å². The molecule has 1 N–H and O–H groups in total. The molecule has 4 aromatic rings. The van der Waals surface area contributed by atoms with Gasteiger partial charge in [-0.2, -0.15) is 10.1 Å². The largest absolute Gasteiger partial charge is 0.334 e. The number of nitrogens with one attached hydrogen (secondary N) is 1. The number of H-pyrrole nitrogens is 1. The third-order valence-electron chi connectivity index (χ3n) is 4.21. The molecule has 0 aliphatic rings. The van der Waals surface area contributed by atoms with E-state index in [0.717, 1.165) is 11.4 Å². The molecule has 0 atom stereocenters. The lowest BCUT2D eigenvalue weighted by Gasteiger charge is -2.06. The maximum atomic E-state index is 14.7. The molecule has 0 saturated heterocycles. The van der Waals surface area contributed by atoms with Crippen molar-refractivity contribution in [3.8, 4) is 28.5 Å². The second kappa shape index (κ2) is 6.41. The van der Waals surface area contributed by atoms with Crippen molar-refractivity contribution >= 4 is 0 Å². The van der Waals surface area contributed by atoms with Gasteiger partial charge in [0.2, 0.25) is 5.82 Å². The van der Waals surface area contributed by atoms with Crippen LogP contribution in [0.1, 0.15) is 11.4 Å². The first-order chi connectivity index (χ1) is 13.3. The van der Waals surface area contributed by atoms with Crippen LogP contribution in [0, 0.1) is 19.7 Å². The standard InChI is InChI=1S/C18H15FN6O3/c1-9-6-10(2)25(22-9)14-5-4-11(7-13(14)19)17-20-15(23-28-17)12-8-24(3)18(27)21-16(12)26/h4-8H,1-3H3,(H,21,26,27). The van der Waals surface area contributed by atoms with Crippen molar-refractivity contribution in [2.45, 2.75) is 13.8 Å². The first-order valence-electron chi connectivity index (χ1n) is 8.31. The van der Waals surface area contributed by atoms with E-state index >= 15 is 0 Å². The van der Waals surface area contributed by atoms with Crippen LogP contribution in [0.5, 0.6) is 0 Å². The van der Waals surface area contributed by atoms with Gasteiger partial charge in [0, 0.05) is 24.5 Å². The van der Waals surface area contributed by atoms with Crippen LogP contribution < -0.4 is 11.2 Å². The molecule has 0 radical (unpaired) electrons. The Bertz CT molecular complexity index is 1310. The van der Waals surface area contributed by atoms with Gasteiger partial charge in [-0.15, -0.1) is 0 Å². The zero-order valence-corrected chi connectivity index (χ0v) is 15.2. The molecule has 142 valence electrons. The highest BCUT2D eigenvalue weighted by molar-refractivity contribution is 5.60. The minimum atomic E-state index is -0.637. The number of hydrogen-bond donors (Lipinski definition) is 1. The summed E-state index contributed by atoms with van der Waals surface area (Å²) in [5, 5.41) is 8.03. The van der Waals surface area contributed by atoms with Gasteiger partial charge in [-0.3, -0.25) is 9.78 Å². The second-order valence-corrected chi connectivity index (χ2v) is 6.34. The minimum absolute atomic E-state index is 0.00474. The monoisotopic (exact) mass is 382 g/mol. The van der Waals surface area contributed by atoms with E-state index in [1.54, 1.807) is 12.1 Å². The van der Waals surface area contributed by atoms with E-state index in [1.807, 2.05) is 19.9 Å². The predicted molar refractivity (Wildman–Crippen MR) is 97.6 cm³/mol. The van der Waals surface area contributed by atoms with Crippen LogP contribution in [-0.2, 0) is 7.05 Å². The lowest BCUT2D eigenvalue weighted by Crippen LogP contribution is -2.28. The third-order valence-corrected chi connectivity index (χ3v) is 4.21. The Labute approximate surface area is 157 Å². The Morgan fingerprint density at radius 2 is 1.96 bits per heavy atom. The Kier molecular flexibility index (Phi) is 4.03. The molecule has 1 aromatic carbocycles. The third kappa shape index (κ3) is 2.94. The zero-order chi connectivity index (χ0) is 20.0. The van der Waals surface area contributed by atoms with Crippen molar-refractivity contribution in [1.82, 2.24) is 29.5 Å². The molecule has 0 spiro atoms. The van der Waals surface area contributed by atoms with E-state index in [9.17, 15) is 14.0 Å². The average molecular weight is 382 g/mol. The molecule has 3 aromatic heterocycles. The summed E-state index contributed by atoms with van der Waals surface area (Å²) < 4.78 is 22.5. The van der Waals surface area contributed by atoms with Gasteiger partial charge in [-0.05, 0) is 38.1 Å². The van der Waals surface area contributed by atoms with Gasteiger partial charge in [0.05, 0.1) is 5.69 Å². The van der Waals surface area contributed by atoms with E-state index in [0.29, 0.717) is 11.3 Å². The van der Waals surface area contributed by atoms with E-state index in [4.69, 9.17) is 4.52 Å². The van der Waals surface area contributed by atoms with Crippen molar-refractivity contribution in [1.29, 1.82) is 0 Å². The fourth-order valence-corrected chi connectivity index (χ4v) is 2.86. The topological polar surface area (TPSA) is 112 Å². The van der Waals surface area contributed by atoms with Crippen LogP contribution >= 0.6 is 0 Å². The van der Waals surface area contributed by atoms with E-state index in [1.165, 1.54) is 28.6 Å². The molecule has 28 heavy (non-hydrogen) atoms. The molecule has 0 bridgehead atoms. The van der Waals surface area contributed by atoms with Crippen LogP contribution in [-0.4, -0.2) is 29.5 Å². The molecule has 0 amide bonds. The highest BCUT2D eigenvalue weighted by atomic mass is 19.1.